The van der Waals surface area contributed by atoms with Crippen LogP contribution in [0.5, 0.6) is 0 Å². The molecule has 3 aromatic rings. The van der Waals surface area contributed by atoms with Crippen LogP contribution in [0, 0.1) is 10.1 Å². The lowest BCUT2D eigenvalue weighted by molar-refractivity contribution is -0.384. The van der Waals surface area contributed by atoms with Crippen molar-refractivity contribution < 1.29 is 9.72 Å². The Kier molecular flexibility index (Phi) is 4.29. The predicted molar refractivity (Wildman–Crippen MR) is 89.2 cm³/mol. The minimum Gasteiger partial charge on any atom is -0.334 e. The summed E-state index contributed by atoms with van der Waals surface area (Å²) >= 11 is 0. The summed E-state index contributed by atoms with van der Waals surface area (Å²) in [6.45, 7) is 0.379. The zero-order valence-electron chi connectivity index (χ0n) is 13.7. The summed E-state index contributed by atoms with van der Waals surface area (Å²) in [7, 11) is 3.50. The number of amides is 1. The number of aryl methyl sites for hydroxylation is 1. The molecule has 0 aliphatic rings. The van der Waals surface area contributed by atoms with Gasteiger partial charge in [0.25, 0.3) is 11.6 Å². The maximum absolute atomic E-state index is 12.5. The predicted octanol–water partition coefficient (Wildman–Crippen LogP) is 1.79. The van der Waals surface area contributed by atoms with E-state index in [-0.39, 0.29) is 17.3 Å². The van der Waals surface area contributed by atoms with Crippen molar-refractivity contribution in [3.05, 3.63) is 70.3 Å². The van der Waals surface area contributed by atoms with Gasteiger partial charge < -0.3 is 4.90 Å². The molecule has 0 spiro atoms. The normalized spacial score (nSPS) is 10.6. The van der Waals surface area contributed by atoms with Gasteiger partial charge in [-0.2, -0.15) is 10.2 Å². The van der Waals surface area contributed by atoms with Crippen LogP contribution in [0.1, 0.15) is 16.2 Å². The van der Waals surface area contributed by atoms with Crippen molar-refractivity contribution in [1.82, 2.24) is 24.5 Å². The van der Waals surface area contributed by atoms with Gasteiger partial charge in [0.05, 0.1) is 22.8 Å². The van der Waals surface area contributed by atoms with Crippen LogP contribution in [0.2, 0.25) is 0 Å². The van der Waals surface area contributed by atoms with E-state index in [2.05, 4.69) is 10.2 Å². The Morgan fingerprint density at radius 1 is 1.16 bits per heavy atom. The van der Waals surface area contributed by atoms with Crippen molar-refractivity contribution in [2.75, 3.05) is 7.05 Å². The van der Waals surface area contributed by atoms with Crippen molar-refractivity contribution in [3.8, 4) is 5.69 Å². The topological polar surface area (TPSA) is 99.1 Å². The molecule has 0 saturated heterocycles. The van der Waals surface area contributed by atoms with Gasteiger partial charge in [0, 0.05) is 38.6 Å². The molecule has 0 radical (unpaired) electrons. The number of nitro benzene ring substituents is 1. The number of nitro groups is 1. The van der Waals surface area contributed by atoms with Gasteiger partial charge in [-0.15, -0.1) is 0 Å². The molecule has 0 atom stereocenters. The third kappa shape index (κ3) is 3.55. The second-order valence-electron chi connectivity index (χ2n) is 5.56. The Bertz CT molecular complexity index is 912. The van der Waals surface area contributed by atoms with Crippen molar-refractivity contribution in [2.24, 2.45) is 7.05 Å². The highest BCUT2D eigenvalue weighted by atomic mass is 16.6. The highest BCUT2D eigenvalue weighted by Crippen LogP contribution is 2.15. The number of nitrogens with zero attached hydrogens (tertiary/aromatic N) is 6. The Balaban J connectivity index is 1.73. The molecule has 9 nitrogen and oxygen atoms in total. The first-order valence-electron chi connectivity index (χ1n) is 7.48. The third-order valence-electron chi connectivity index (χ3n) is 3.65. The molecule has 1 amide bonds. The fraction of sp³-hybridized carbons (Fsp3) is 0.188. The fourth-order valence-electron chi connectivity index (χ4n) is 2.37. The summed E-state index contributed by atoms with van der Waals surface area (Å²) in [5.74, 6) is -0.230. The summed E-state index contributed by atoms with van der Waals surface area (Å²) in [6, 6.07) is 9.41. The quantitative estimate of drug-likeness (QED) is 0.521. The van der Waals surface area contributed by atoms with E-state index in [0.717, 1.165) is 5.69 Å². The van der Waals surface area contributed by atoms with Gasteiger partial charge in [0.1, 0.15) is 0 Å². The lowest BCUT2D eigenvalue weighted by Crippen LogP contribution is -2.27. The Labute approximate surface area is 143 Å². The van der Waals surface area contributed by atoms with E-state index in [1.807, 2.05) is 19.3 Å². The third-order valence-corrected chi connectivity index (χ3v) is 3.65. The first-order valence-corrected chi connectivity index (χ1v) is 7.48. The lowest BCUT2D eigenvalue weighted by Gasteiger charge is -2.14. The average Bonchev–Trinajstić information content (AvgIpc) is 3.23. The van der Waals surface area contributed by atoms with Crippen molar-refractivity contribution in [1.29, 1.82) is 0 Å². The molecular weight excluding hydrogens is 324 g/mol. The van der Waals surface area contributed by atoms with Crippen molar-refractivity contribution in [2.45, 2.75) is 6.54 Å². The van der Waals surface area contributed by atoms with E-state index in [1.165, 1.54) is 21.7 Å². The Hall–Kier alpha value is -3.49. The van der Waals surface area contributed by atoms with E-state index in [4.69, 9.17) is 0 Å². The van der Waals surface area contributed by atoms with Gasteiger partial charge in [-0.25, -0.2) is 4.68 Å². The largest absolute Gasteiger partial charge is 0.334 e. The van der Waals surface area contributed by atoms with E-state index < -0.39 is 4.92 Å². The van der Waals surface area contributed by atoms with Crippen LogP contribution in [-0.4, -0.2) is 42.3 Å². The molecule has 0 aliphatic heterocycles. The Morgan fingerprint density at radius 2 is 1.88 bits per heavy atom. The van der Waals surface area contributed by atoms with Crippen LogP contribution in [0.4, 0.5) is 5.69 Å². The number of carbonyl (C=O) groups is 1. The van der Waals surface area contributed by atoms with Crippen LogP contribution >= 0.6 is 0 Å². The highest BCUT2D eigenvalue weighted by Gasteiger charge is 2.16. The van der Waals surface area contributed by atoms with Crippen LogP contribution < -0.4 is 0 Å². The average molecular weight is 340 g/mol. The number of aromatic nitrogens is 4. The van der Waals surface area contributed by atoms with Crippen LogP contribution in [0.3, 0.4) is 0 Å². The molecule has 128 valence electrons. The number of benzene rings is 1. The molecule has 0 bridgehead atoms. The van der Waals surface area contributed by atoms with E-state index >= 15 is 0 Å². The standard InChI is InChI=1S/C16H16N6O3/c1-19(11-12-7-9-20(2)17-12)16(23)15-8-10-21(18-15)13-3-5-14(6-4-13)22(24)25/h3-10H,11H2,1-2H3. The number of rotatable bonds is 5. The lowest BCUT2D eigenvalue weighted by atomic mass is 10.3. The molecule has 0 N–H and O–H groups in total. The van der Waals surface area contributed by atoms with Gasteiger partial charge in [-0.1, -0.05) is 0 Å². The molecule has 9 heteroatoms. The molecule has 1 aromatic carbocycles. The summed E-state index contributed by atoms with van der Waals surface area (Å²) in [5.41, 5.74) is 1.71. The van der Waals surface area contributed by atoms with Gasteiger partial charge in [-0.05, 0) is 24.3 Å². The van der Waals surface area contributed by atoms with Gasteiger partial charge >= 0.3 is 0 Å². The zero-order chi connectivity index (χ0) is 18.0. The number of non-ortho nitro benzene ring substituents is 1. The number of hydrogen-bond donors (Lipinski definition) is 0. The van der Waals surface area contributed by atoms with Gasteiger partial charge in [0.15, 0.2) is 5.69 Å². The van der Waals surface area contributed by atoms with E-state index in [1.54, 1.807) is 36.1 Å². The zero-order valence-corrected chi connectivity index (χ0v) is 13.7. The molecule has 2 heterocycles. The molecule has 0 aliphatic carbocycles. The Morgan fingerprint density at radius 3 is 2.48 bits per heavy atom. The van der Waals surface area contributed by atoms with Crippen LogP contribution in [0.25, 0.3) is 5.69 Å². The number of carbonyl (C=O) groups excluding carboxylic acids is 1. The SMILES string of the molecule is CN(Cc1ccn(C)n1)C(=O)c1ccn(-c2ccc([N+](=O)[O-])cc2)n1. The molecule has 3 rings (SSSR count). The van der Waals surface area contributed by atoms with Crippen LogP contribution in [-0.2, 0) is 13.6 Å². The minimum atomic E-state index is -0.464. The highest BCUT2D eigenvalue weighted by molar-refractivity contribution is 5.92. The molecular formula is C16H16N6O3. The van der Waals surface area contributed by atoms with Gasteiger partial charge in [-0.3, -0.25) is 19.6 Å². The molecule has 25 heavy (non-hydrogen) atoms. The minimum absolute atomic E-state index is 0.00213. The maximum atomic E-state index is 12.5. The summed E-state index contributed by atoms with van der Waals surface area (Å²) in [4.78, 5) is 24.2. The van der Waals surface area contributed by atoms with Gasteiger partial charge in [0.2, 0.25) is 0 Å². The van der Waals surface area contributed by atoms with E-state index in [0.29, 0.717) is 12.2 Å². The monoisotopic (exact) mass is 340 g/mol. The first-order chi connectivity index (χ1) is 11.9. The molecule has 0 fully saturated rings. The summed E-state index contributed by atoms with van der Waals surface area (Å²) in [5, 5.41) is 19.2. The van der Waals surface area contributed by atoms with E-state index in [9.17, 15) is 14.9 Å². The molecule has 0 unspecified atom stereocenters. The maximum Gasteiger partial charge on any atom is 0.274 e. The smallest absolute Gasteiger partial charge is 0.274 e. The molecule has 0 saturated carbocycles. The summed E-state index contributed by atoms with van der Waals surface area (Å²) < 4.78 is 3.18. The first kappa shape index (κ1) is 16.4. The molecule has 2 aromatic heterocycles. The fourth-order valence-corrected chi connectivity index (χ4v) is 2.37. The second-order valence-corrected chi connectivity index (χ2v) is 5.56. The van der Waals surface area contributed by atoms with Crippen molar-refractivity contribution in [3.63, 3.8) is 0 Å². The number of hydrogen-bond acceptors (Lipinski definition) is 5. The summed E-state index contributed by atoms with van der Waals surface area (Å²) in [6.07, 6.45) is 3.46. The van der Waals surface area contributed by atoms with Crippen LogP contribution in [0.15, 0.2) is 48.8 Å². The van der Waals surface area contributed by atoms with Crippen molar-refractivity contribution >= 4 is 11.6 Å². The second kappa shape index (κ2) is 6.56.